The molecular formula is C22H24N2O3S2. The third kappa shape index (κ3) is 6.24. The molecule has 1 amide bonds. The van der Waals surface area contributed by atoms with Crippen LogP contribution in [0, 0.1) is 13.8 Å². The topological polar surface area (TPSA) is 76.1 Å². The number of amides is 1. The Morgan fingerprint density at radius 1 is 1.10 bits per heavy atom. The second-order valence-corrected chi connectivity index (χ2v) is 10.1. The molecule has 2 aromatic carbocycles. The van der Waals surface area contributed by atoms with Gasteiger partial charge in [0.1, 0.15) is 0 Å². The molecule has 29 heavy (non-hydrogen) atoms. The zero-order chi connectivity index (χ0) is 20.9. The molecular weight excluding hydrogens is 404 g/mol. The predicted molar refractivity (Wildman–Crippen MR) is 119 cm³/mol. The van der Waals surface area contributed by atoms with Crippen LogP contribution < -0.4 is 5.32 Å². The molecule has 0 aliphatic carbocycles. The van der Waals surface area contributed by atoms with Crippen molar-refractivity contribution in [2.45, 2.75) is 32.4 Å². The Hall–Kier alpha value is -2.51. The SMILES string of the molecule is Cc1ccc(-c2csc(NC(=O)CCCS(=O)(=O)Cc3ccccc3)n2)c(C)c1. The van der Waals surface area contributed by atoms with Crippen molar-refractivity contribution in [2.75, 3.05) is 11.1 Å². The van der Waals surface area contributed by atoms with Gasteiger partial charge in [0.05, 0.1) is 17.2 Å². The first-order valence-corrected chi connectivity index (χ1v) is 12.1. The van der Waals surface area contributed by atoms with Gasteiger partial charge in [0.2, 0.25) is 5.91 Å². The Bertz CT molecular complexity index is 1090. The van der Waals surface area contributed by atoms with Crippen LogP contribution in [0.25, 0.3) is 11.3 Å². The van der Waals surface area contributed by atoms with E-state index < -0.39 is 9.84 Å². The van der Waals surface area contributed by atoms with E-state index in [0.29, 0.717) is 5.13 Å². The number of aryl methyl sites for hydroxylation is 2. The summed E-state index contributed by atoms with van der Waals surface area (Å²) in [6.07, 6.45) is 0.433. The van der Waals surface area contributed by atoms with Gasteiger partial charge >= 0.3 is 0 Å². The Morgan fingerprint density at radius 2 is 1.86 bits per heavy atom. The minimum absolute atomic E-state index is 0.00119. The monoisotopic (exact) mass is 428 g/mol. The van der Waals surface area contributed by atoms with E-state index in [9.17, 15) is 13.2 Å². The van der Waals surface area contributed by atoms with E-state index in [1.807, 2.05) is 49.6 Å². The summed E-state index contributed by atoms with van der Waals surface area (Å²) in [6.45, 7) is 4.08. The highest BCUT2D eigenvalue weighted by Crippen LogP contribution is 2.28. The summed E-state index contributed by atoms with van der Waals surface area (Å²) in [4.78, 5) is 16.7. The molecule has 3 aromatic rings. The maximum Gasteiger partial charge on any atom is 0.226 e. The van der Waals surface area contributed by atoms with Gasteiger partial charge in [-0.1, -0.05) is 54.1 Å². The average molecular weight is 429 g/mol. The Labute approximate surface area is 175 Å². The van der Waals surface area contributed by atoms with E-state index in [1.54, 1.807) is 12.1 Å². The molecule has 0 saturated heterocycles. The molecule has 7 heteroatoms. The number of carbonyl (C=O) groups is 1. The Morgan fingerprint density at radius 3 is 2.59 bits per heavy atom. The lowest BCUT2D eigenvalue weighted by molar-refractivity contribution is -0.116. The van der Waals surface area contributed by atoms with E-state index in [2.05, 4.69) is 16.4 Å². The zero-order valence-corrected chi connectivity index (χ0v) is 18.1. The molecule has 0 saturated carbocycles. The molecule has 1 N–H and O–H groups in total. The van der Waals surface area contributed by atoms with Crippen molar-refractivity contribution in [1.82, 2.24) is 4.98 Å². The first-order valence-electron chi connectivity index (χ1n) is 9.40. The number of hydrogen-bond acceptors (Lipinski definition) is 5. The molecule has 1 aromatic heterocycles. The molecule has 0 atom stereocenters. The Balaban J connectivity index is 1.50. The van der Waals surface area contributed by atoms with Crippen molar-refractivity contribution in [2.24, 2.45) is 0 Å². The number of anilines is 1. The molecule has 0 aliphatic rings. The summed E-state index contributed by atoms with van der Waals surface area (Å²) in [5.41, 5.74) is 4.96. The van der Waals surface area contributed by atoms with Crippen molar-refractivity contribution in [3.63, 3.8) is 0 Å². The van der Waals surface area contributed by atoms with Crippen molar-refractivity contribution in [3.05, 3.63) is 70.6 Å². The van der Waals surface area contributed by atoms with Gasteiger partial charge in [-0.15, -0.1) is 11.3 Å². The number of nitrogens with zero attached hydrogens (tertiary/aromatic N) is 1. The normalized spacial score (nSPS) is 11.4. The van der Waals surface area contributed by atoms with Crippen molar-refractivity contribution < 1.29 is 13.2 Å². The molecule has 152 valence electrons. The summed E-state index contributed by atoms with van der Waals surface area (Å²) >= 11 is 1.37. The number of rotatable bonds is 8. The maximum absolute atomic E-state index is 12.2. The molecule has 0 unspecified atom stereocenters. The lowest BCUT2D eigenvalue weighted by atomic mass is 10.0. The highest BCUT2D eigenvalue weighted by atomic mass is 32.2. The molecule has 0 fully saturated rings. The van der Waals surface area contributed by atoms with Crippen molar-refractivity contribution >= 4 is 32.2 Å². The second kappa shape index (κ2) is 9.33. The number of aromatic nitrogens is 1. The van der Waals surface area contributed by atoms with Crippen LogP contribution in [0.1, 0.15) is 29.5 Å². The maximum atomic E-state index is 12.2. The first kappa shape index (κ1) is 21.2. The van der Waals surface area contributed by atoms with Crippen LogP contribution in [0.3, 0.4) is 0 Å². The fraction of sp³-hybridized carbons (Fsp3) is 0.273. The molecule has 0 spiro atoms. The van der Waals surface area contributed by atoms with Gasteiger partial charge in [0, 0.05) is 17.4 Å². The molecule has 5 nitrogen and oxygen atoms in total. The number of nitrogens with one attached hydrogen (secondary N) is 1. The van der Waals surface area contributed by atoms with Gasteiger partial charge in [0.15, 0.2) is 15.0 Å². The summed E-state index contributed by atoms with van der Waals surface area (Å²) in [5, 5.41) is 5.21. The summed E-state index contributed by atoms with van der Waals surface area (Å²) in [6, 6.07) is 15.2. The largest absolute Gasteiger partial charge is 0.302 e. The fourth-order valence-electron chi connectivity index (χ4n) is 3.09. The highest BCUT2D eigenvalue weighted by molar-refractivity contribution is 7.90. The number of benzene rings is 2. The third-order valence-electron chi connectivity index (χ3n) is 4.50. The lowest BCUT2D eigenvalue weighted by Crippen LogP contribution is -2.15. The Kier molecular flexibility index (Phi) is 6.82. The second-order valence-electron chi connectivity index (χ2n) is 7.09. The van der Waals surface area contributed by atoms with Gasteiger partial charge in [-0.05, 0) is 31.4 Å². The predicted octanol–water partition coefficient (Wildman–Crippen LogP) is 4.76. The number of sulfone groups is 1. The van der Waals surface area contributed by atoms with Gasteiger partial charge in [0.25, 0.3) is 0 Å². The van der Waals surface area contributed by atoms with Gasteiger partial charge in [-0.25, -0.2) is 13.4 Å². The van der Waals surface area contributed by atoms with Crippen LogP contribution in [0.5, 0.6) is 0 Å². The zero-order valence-electron chi connectivity index (χ0n) is 16.5. The standard InChI is InChI=1S/C22H24N2O3S2/c1-16-10-11-19(17(2)13-16)20-14-28-22(23-20)24-21(25)9-6-12-29(26,27)15-18-7-4-3-5-8-18/h3-5,7-8,10-11,13-14H,6,9,12,15H2,1-2H3,(H,23,24,25). The van der Waals surface area contributed by atoms with E-state index >= 15 is 0 Å². The first-order chi connectivity index (χ1) is 13.8. The molecule has 0 radical (unpaired) electrons. The van der Waals surface area contributed by atoms with Crippen LogP contribution in [0.4, 0.5) is 5.13 Å². The fourth-order valence-corrected chi connectivity index (χ4v) is 5.25. The number of hydrogen-bond donors (Lipinski definition) is 1. The van der Waals surface area contributed by atoms with E-state index in [-0.39, 0.29) is 30.3 Å². The highest BCUT2D eigenvalue weighted by Gasteiger charge is 2.14. The number of thiazole rings is 1. The lowest BCUT2D eigenvalue weighted by Gasteiger charge is -2.05. The van der Waals surface area contributed by atoms with E-state index in [4.69, 9.17) is 0 Å². The molecule has 3 rings (SSSR count). The third-order valence-corrected chi connectivity index (χ3v) is 6.94. The van der Waals surface area contributed by atoms with Gasteiger partial charge < -0.3 is 5.32 Å². The van der Waals surface area contributed by atoms with Crippen LogP contribution in [-0.4, -0.2) is 25.1 Å². The summed E-state index contributed by atoms with van der Waals surface area (Å²) < 4.78 is 24.4. The van der Waals surface area contributed by atoms with Crippen molar-refractivity contribution in [3.8, 4) is 11.3 Å². The summed E-state index contributed by atoms with van der Waals surface area (Å²) in [5.74, 6) is -0.233. The van der Waals surface area contributed by atoms with Crippen LogP contribution in [-0.2, 0) is 20.4 Å². The quantitative estimate of drug-likeness (QED) is 0.561. The number of carbonyl (C=O) groups excluding carboxylic acids is 1. The van der Waals surface area contributed by atoms with Crippen LogP contribution in [0.2, 0.25) is 0 Å². The van der Waals surface area contributed by atoms with E-state index in [0.717, 1.165) is 22.4 Å². The molecule has 1 heterocycles. The van der Waals surface area contributed by atoms with Gasteiger partial charge in [-0.3, -0.25) is 4.79 Å². The molecule has 0 aliphatic heterocycles. The average Bonchev–Trinajstić information content (AvgIpc) is 3.10. The molecule has 0 bridgehead atoms. The minimum atomic E-state index is -3.24. The minimum Gasteiger partial charge on any atom is -0.302 e. The van der Waals surface area contributed by atoms with Gasteiger partial charge in [-0.2, -0.15) is 0 Å². The van der Waals surface area contributed by atoms with Crippen LogP contribution >= 0.6 is 11.3 Å². The van der Waals surface area contributed by atoms with E-state index in [1.165, 1.54) is 16.9 Å². The van der Waals surface area contributed by atoms with Crippen molar-refractivity contribution in [1.29, 1.82) is 0 Å². The van der Waals surface area contributed by atoms with Crippen LogP contribution in [0.15, 0.2) is 53.9 Å². The smallest absolute Gasteiger partial charge is 0.226 e. The summed E-state index contributed by atoms with van der Waals surface area (Å²) in [7, 11) is -3.24.